The molecule has 0 radical (unpaired) electrons. The van der Waals surface area contributed by atoms with Crippen LogP contribution in [0.25, 0.3) is 0 Å². The van der Waals surface area contributed by atoms with Gasteiger partial charge in [0.1, 0.15) is 5.82 Å². The molecule has 3 rings (SSSR count). The molecule has 2 heterocycles. The van der Waals surface area contributed by atoms with E-state index in [2.05, 4.69) is 26.6 Å². The zero-order valence-corrected chi connectivity index (χ0v) is 11.3. The molecule has 1 aromatic carbocycles. The van der Waals surface area contributed by atoms with Gasteiger partial charge in [0.2, 0.25) is 0 Å². The van der Waals surface area contributed by atoms with E-state index in [1.54, 1.807) is 0 Å². The van der Waals surface area contributed by atoms with Crippen molar-refractivity contribution in [2.24, 2.45) is 7.05 Å². The predicted octanol–water partition coefficient (Wildman–Crippen LogP) is 2.00. The Labute approximate surface area is 113 Å². The maximum Gasteiger partial charge on any atom is 0.110 e. The third-order valence-electron chi connectivity index (χ3n) is 3.84. The first-order chi connectivity index (χ1) is 9.24. The van der Waals surface area contributed by atoms with Crippen molar-refractivity contribution in [1.82, 2.24) is 9.55 Å². The second-order valence-corrected chi connectivity index (χ2v) is 5.18. The third-order valence-corrected chi connectivity index (χ3v) is 3.84. The standard InChI is InChI=1S/C15H20N4/c1-18-10-7-17-15(18)6-9-19-8-2-3-12-11-13(16)4-5-14(12)19/h4-5,7,10-11H,2-3,6,8-9,16H2,1H3. The van der Waals surface area contributed by atoms with E-state index in [0.29, 0.717) is 0 Å². The number of benzene rings is 1. The number of anilines is 2. The molecule has 1 aliphatic rings. The fraction of sp³-hybridized carbons (Fsp3) is 0.400. The lowest BCUT2D eigenvalue weighted by molar-refractivity contribution is 0.667. The van der Waals surface area contributed by atoms with Crippen LogP contribution in [0.15, 0.2) is 30.6 Å². The van der Waals surface area contributed by atoms with Crippen molar-refractivity contribution >= 4 is 11.4 Å². The van der Waals surface area contributed by atoms with Gasteiger partial charge in [0, 0.05) is 50.3 Å². The molecule has 0 atom stereocenters. The van der Waals surface area contributed by atoms with Gasteiger partial charge in [-0.1, -0.05) is 0 Å². The maximum atomic E-state index is 5.87. The number of aromatic nitrogens is 2. The summed E-state index contributed by atoms with van der Waals surface area (Å²) in [5, 5.41) is 0. The fourth-order valence-corrected chi connectivity index (χ4v) is 2.80. The Morgan fingerprint density at radius 3 is 3.05 bits per heavy atom. The molecule has 4 heteroatoms. The Hall–Kier alpha value is -1.97. The van der Waals surface area contributed by atoms with E-state index in [1.165, 1.54) is 17.7 Å². The molecule has 2 N–H and O–H groups in total. The highest BCUT2D eigenvalue weighted by Gasteiger charge is 2.17. The quantitative estimate of drug-likeness (QED) is 0.854. The second kappa shape index (κ2) is 4.96. The van der Waals surface area contributed by atoms with Gasteiger partial charge in [-0.15, -0.1) is 0 Å². The molecule has 0 aliphatic carbocycles. The number of hydrogen-bond acceptors (Lipinski definition) is 3. The largest absolute Gasteiger partial charge is 0.399 e. The number of nitrogen functional groups attached to an aromatic ring is 1. The SMILES string of the molecule is Cn1ccnc1CCN1CCCc2cc(N)ccc21. The zero-order chi connectivity index (χ0) is 13.2. The summed E-state index contributed by atoms with van der Waals surface area (Å²) in [6.07, 6.45) is 7.18. The van der Waals surface area contributed by atoms with Crippen LogP contribution in [0.5, 0.6) is 0 Å². The van der Waals surface area contributed by atoms with Crippen molar-refractivity contribution in [3.63, 3.8) is 0 Å². The molecule has 0 bridgehead atoms. The van der Waals surface area contributed by atoms with Crippen molar-refractivity contribution in [3.8, 4) is 0 Å². The van der Waals surface area contributed by atoms with Crippen LogP contribution in [0, 0.1) is 0 Å². The highest BCUT2D eigenvalue weighted by Crippen LogP contribution is 2.28. The van der Waals surface area contributed by atoms with Gasteiger partial charge in [-0.05, 0) is 36.6 Å². The molecule has 0 unspecified atom stereocenters. The Morgan fingerprint density at radius 2 is 2.26 bits per heavy atom. The van der Waals surface area contributed by atoms with Crippen molar-refractivity contribution in [1.29, 1.82) is 0 Å². The zero-order valence-electron chi connectivity index (χ0n) is 11.3. The molecular formula is C15H20N4. The Bertz CT molecular complexity index is 573. The lowest BCUT2D eigenvalue weighted by Crippen LogP contribution is -2.31. The summed E-state index contributed by atoms with van der Waals surface area (Å²) in [6, 6.07) is 6.27. The number of fused-ring (bicyclic) bond motifs is 1. The summed E-state index contributed by atoms with van der Waals surface area (Å²) >= 11 is 0. The Balaban J connectivity index is 1.75. The van der Waals surface area contributed by atoms with E-state index in [-0.39, 0.29) is 0 Å². The van der Waals surface area contributed by atoms with Gasteiger partial charge in [0.15, 0.2) is 0 Å². The van der Waals surface area contributed by atoms with E-state index < -0.39 is 0 Å². The summed E-state index contributed by atoms with van der Waals surface area (Å²) in [5.41, 5.74) is 9.45. The third kappa shape index (κ3) is 2.43. The number of hydrogen-bond donors (Lipinski definition) is 1. The van der Waals surface area contributed by atoms with Gasteiger partial charge < -0.3 is 15.2 Å². The summed E-state index contributed by atoms with van der Waals surface area (Å²) in [6.45, 7) is 2.14. The van der Waals surface area contributed by atoms with Crippen LogP contribution in [0.4, 0.5) is 11.4 Å². The van der Waals surface area contributed by atoms with Gasteiger partial charge in [-0.2, -0.15) is 0 Å². The van der Waals surface area contributed by atoms with Crippen LogP contribution in [0.3, 0.4) is 0 Å². The topological polar surface area (TPSA) is 47.1 Å². The Kier molecular flexibility index (Phi) is 3.15. The summed E-state index contributed by atoms with van der Waals surface area (Å²) < 4.78 is 2.09. The van der Waals surface area contributed by atoms with E-state index in [1.807, 2.05) is 25.5 Å². The average molecular weight is 256 g/mol. The van der Waals surface area contributed by atoms with E-state index >= 15 is 0 Å². The van der Waals surface area contributed by atoms with Crippen molar-refractivity contribution in [2.75, 3.05) is 23.7 Å². The van der Waals surface area contributed by atoms with Crippen molar-refractivity contribution < 1.29 is 0 Å². The molecule has 100 valence electrons. The van der Waals surface area contributed by atoms with Crippen LogP contribution in [0.2, 0.25) is 0 Å². The van der Waals surface area contributed by atoms with Crippen LogP contribution < -0.4 is 10.6 Å². The minimum atomic E-state index is 0.865. The first kappa shape index (κ1) is 12.1. The lowest BCUT2D eigenvalue weighted by Gasteiger charge is -2.31. The Morgan fingerprint density at radius 1 is 1.37 bits per heavy atom. The minimum absolute atomic E-state index is 0.865. The summed E-state index contributed by atoms with van der Waals surface area (Å²) in [4.78, 5) is 6.84. The molecule has 0 spiro atoms. The molecule has 19 heavy (non-hydrogen) atoms. The maximum absolute atomic E-state index is 5.87. The highest BCUT2D eigenvalue weighted by molar-refractivity contribution is 5.61. The van der Waals surface area contributed by atoms with E-state index in [0.717, 1.165) is 37.4 Å². The molecule has 0 saturated heterocycles. The van der Waals surface area contributed by atoms with E-state index in [4.69, 9.17) is 5.73 Å². The molecule has 0 saturated carbocycles. The summed E-state index contributed by atoms with van der Waals surface area (Å²) in [7, 11) is 2.05. The predicted molar refractivity (Wildman–Crippen MR) is 78.3 cm³/mol. The minimum Gasteiger partial charge on any atom is -0.399 e. The van der Waals surface area contributed by atoms with Crippen LogP contribution in [-0.4, -0.2) is 22.6 Å². The van der Waals surface area contributed by atoms with Crippen molar-refractivity contribution in [3.05, 3.63) is 42.0 Å². The molecule has 0 amide bonds. The highest BCUT2D eigenvalue weighted by atomic mass is 15.1. The molecule has 1 aromatic heterocycles. The van der Waals surface area contributed by atoms with E-state index in [9.17, 15) is 0 Å². The van der Waals surface area contributed by atoms with Gasteiger partial charge in [0.05, 0.1) is 0 Å². The molecular weight excluding hydrogens is 236 g/mol. The molecule has 2 aromatic rings. The molecule has 1 aliphatic heterocycles. The monoisotopic (exact) mass is 256 g/mol. The van der Waals surface area contributed by atoms with Gasteiger partial charge in [-0.25, -0.2) is 4.98 Å². The smallest absolute Gasteiger partial charge is 0.110 e. The average Bonchev–Trinajstić information content (AvgIpc) is 2.81. The summed E-state index contributed by atoms with van der Waals surface area (Å²) in [5.74, 6) is 1.14. The van der Waals surface area contributed by atoms with Gasteiger partial charge in [-0.3, -0.25) is 0 Å². The van der Waals surface area contributed by atoms with Crippen LogP contribution >= 0.6 is 0 Å². The van der Waals surface area contributed by atoms with Crippen LogP contribution in [0.1, 0.15) is 17.8 Å². The fourth-order valence-electron chi connectivity index (χ4n) is 2.80. The van der Waals surface area contributed by atoms with Crippen molar-refractivity contribution in [2.45, 2.75) is 19.3 Å². The van der Waals surface area contributed by atoms with Crippen LogP contribution in [-0.2, 0) is 19.9 Å². The molecule has 4 nitrogen and oxygen atoms in total. The first-order valence-electron chi connectivity index (χ1n) is 6.83. The number of rotatable bonds is 3. The number of imidazole rings is 1. The lowest BCUT2D eigenvalue weighted by atomic mass is 10.0. The van der Waals surface area contributed by atoms with Gasteiger partial charge in [0.25, 0.3) is 0 Å². The first-order valence-corrected chi connectivity index (χ1v) is 6.83. The number of nitrogens with two attached hydrogens (primary N) is 1. The number of aryl methyl sites for hydroxylation is 2. The number of nitrogens with zero attached hydrogens (tertiary/aromatic N) is 3. The van der Waals surface area contributed by atoms with Gasteiger partial charge >= 0.3 is 0 Å². The molecule has 0 fully saturated rings. The second-order valence-electron chi connectivity index (χ2n) is 5.18. The normalized spacial score (nSPS) is 14.5.